The van der Waals surface area contributed by atoms with E-state index in [1.807, 2.05) is 39.8 Å². The molecule has 0 saturated carbocycles. The van der Waals surface area contributed by atoms with Crippen molar-refractivity contribution in [3.63, 3.8) is 0 Å². The van der Waals surface area contributed by atoms with Crippen LogP contribution in [0.25, 0.3) is 0 Å². The lowest BCUT2D eigenvalue weighted by molar-refractivity contribution is 0.130. The summed E-state index contributed by atoms with van der Waals surface area (Å²) in [6.45, 7) is 7.74. The van der Waals surface area contributed by atoms with Crippen molar-refractivity contribution in [1.29, 1.82) is 0 Å². The highest BCUT2D eigenvalue weighted by molar-refractivity contribution is 7.86. The van der Waals surface area contributed by atoms with Gasteiger partial charge in [0.05, 0.1) is 11.5 Å². The van der Waals surface area contributed by atoms with Crippen molar-refractivity contribution in [2.24, 2.45) is 0 Å². The third-order valence-corrected chi connectivity index (χ3v) is 4.29. The normalized spacial score (nSPS) is 12.2. The van der Waals surface area contributed by atoms with Crippen molar-refractivity contribution in [3.8, 4) is 5.75 Å². The molecular weight excluding hydrogens is 312 g/mol. The van der Waals surface area contributed by atoms with E-state index in [2.05, 4.69) is 0 Å². The van der Waals surface area contributed by atoms with Crippen molar-refractivity contribution in [1.82, 2.24) is 0 Å². The lowest BCUT2D eigenvalue weighted by Crippen LogP contribution is -2.22. The van der Waals surface area contributed by atoms with Gasteiger partial charge >= 0.3 is 0 Å². The molecule has 4 nitrogen and oxygen atoms in total. The fourth-order valence-electron chi connectivity index (χ4n) is 1.97. The quantitative estimate of drug-likeness (QED) is 0.773. The average Bonchev–Trinajstić information content (AvgIpc) is 2.44. The second kappa shape index (κ2) is 6.72. The molecule has 5 heteroatoms. The zero-order valence-electron chi connectivity index (χ0n) is 13.9. The molecule has 0 heterocycles. The summed E-state index contributed by atoms with van der Waals surface area (Å²) in [5.74, 6) is 0.686. The van der Waals surface area contributed by atoms with E-state index in [1.54, 1.807) is 36.4 Å². The van der Waals surface area contributed by atoms with Crippen LogP contribution in [0.2, 0.25) is 0 Å². The Bertz CT molecular complexity index is 756. The molecule has 0 aliphatic heterocycles. The predicted molar refractivity (Wildman–Crippen MR) is 90.0 cm³/mol. The first kappa shape index (κ1) is 17.5. The van der Waals surface area contributed by atoms with Gasteiger partial charge in [0.1, 0.15) is 11.4 Å². The largest absolute Gasteiger partial charge is 0.488 e. The van der Waals surface area contributed by atoms with Gasteiger partial charge in [-0.1, -0.05) is 29.8 Å². The van der Waals surface area contributed by atoms with Crippen LogP contribution in [0.15, 0.2) is 53.4 Å². The molecule has 0 aliphatic carbocycles. The second-order valence-electron chi connectivity index (χ2n) is 6.39. The Hall–Kier alpha value is -1.85. The standard InChI is InChI=1S/C18H22O4S/c1-14-8-10-17(11-9-14)23(19,20)21-13-15-6-5-7-16(12-15)22-18(2,3)4/h5-12H,13H2,1-4H3. The molecule has 2 rings (SSSR count). The molecule has 2 aromatic rings. The molecule has 0 aromatic heterocycles. The Labute approximate surface area is 138 Å². The van der Waals surface area contributed by atoms with Gasteiger partial charge < -0.3 is 4.74 Å². The summed E-state index contributed by atoms with van der Waals surface area (Å²) < 4.78 is 35.3. The summed E-state index contributed by atoms with van der Waals surface area (Å²) in [5.41, 5.74) is 1.42. The van der Waals surface area contributed by atoms with Crippen LogP contribution in [0.5, 0.6) is 5.75 Å². The summed E-state index contributed by atoms with van der Waals surface area (Å²) in [7, 11) is -3.76. The summed E-state index contributed by atoms with van der Waals surface area (Å²) in [5, 5.41) is 0. The highest BCUT2D eigenvalue weighted by Gasteiger charge is 2.16. The van der Waals surface area contributed by atoms with Crippen LogP contribution >= 0.6 is 0 Å². The number of aryl methyl sites for hydroxylation is 1. The second-order valence-corrected chi connectivity index (χ2v) is 8.01. The number of hydrogen-bond donors (Lipinski definition) is 0. The number of benzene rings is 2. The maximum atomic E-state index is 12.2. The smallest absolute Gasteiger partial charge is 0.297 e. The third kappa shape index (κ3) is 5.37. The molecule has 0 N–H and O–H groups in total. The minimum atomic E-state index is -3.76. The molecule has 0 atom stereocenters. The molecule has 23 heavy (non-hydrogen) atoms. The van der Waals surface area contributed by atoms with Gasteiger partial charge in [-0.3, -0.25) is 4.18 Å². The Kier molecular flexibility index (Phi) is 5.12. The number of rotatable bonds is 5. The molecule has 0 saturated heterocycles. The van der Waals surface area contributed by atoms with E-state index in [0.717, 1.165) is 11.1 Å². The third-order valence-electron chi connectivity index (χ3n) is 3.01. The highest BCUT2D eigenvalue weighted by atomic mass is 32.2. The van der Waals surface area contributed by atoms with Crippen molar-refractivity contribution in [2.75, 3.05) is 0 Å². The summed E-state index contributed by atoms with van der Waals surface area (Å²) in [6, 6.07) is 13.8. The van der Waals surface area contributed by atoms with Gasteiger partial charge in [-0.25, -0.2) is 0 Å². The molecule has 0 aliphatic rings. The first-order valence-corrected chi connectivity index (χ1v) is 8.81. The van der Waals surface area contributed by atoms with Gasteiger partial charge in [0.2, 0.25) is 0 Å². The van der Waals surface area contributed by atoms with E-state index >= 15 is 0 Å². The summed E-state index contributed by atoms with van der Waals surface area (Å²) >= 11 is 0. The molecule has 0 spiro atoms. The first-order valence-electron chi connectivity index (χ1n) is 7.40. The molecule has 0 radical (unpaired) electrons. The van der Waals surface area contributed by atoms with E-state index in [4.69, 9.17) is 8.92 Å². The fourth-order valence-corrected chi connectivity index (χ4v) is 2.87. The molecule has 0 bridgehead atoms. The molecule has 124 valence electrons. The first-order chi connectivity index (χ1) is 10.7. The molecule has 0 fully saturated rings. The molecular formula is C18H22O4S. The highest BCUT2D eigenvalue weighted by Crippen LogP contribution is 2.21. The van der Waals surface area contributed by atoms with Gasteiger partial charge in [-0.15, -0.1) is 0 Å². The maximum Gasteiger partial charge on any atom is 0.297 e. The van der Waals surface area contributed by atoms with Crippen molar-refractivity contribution < 1.29 is 17.3 Å². The molecule has 2 aromatic carbocycles. The summed E-state index contributed by atoms with van der Waals surface area (Å²) in [4.78, 5) is 0.158. The van der Waals surface area contributed by atoms with Gasteiger partial charge in [0.25, 0.3) is 10.1 Å². The van der Waals surface area contributed by atoms with Crippen LogP contribution in [0, 0.1) is 6.92 Å². The van der Waals surface area contributed by atoms with Crippen LogP contribution in [0.3, 0.4) is 0 Å². The predicted octanol–water partition coefficient (Wildman–Crippen LogP) is 4.08. The lowest BCUT2D eigenvalue weighted by Gasteiger charge is -2.21. The monoisotopic (exact) mass is 334 g/mol. The minimum Gasteiger partial charge on any atom is -0.488 e. The van der Waals surface area contributed by atoms with E-state index in [9.17, 15) is 8.42 Å². The van der Waals surface area contributed by atoms with E-state index < -0.39 is 10.1 Å². The van der Waals surface area contributed by atoms with E-state index in [-0.39, 0.29) is 17.1 Å². The lowest BCUT2D eigenvalue weighted by atomic mass is 10.2. The van der Waals surface area contributed by atoms with Crippen LogP contribution in [0.1, 0.15) is 31.9 Å². The van der Waals surface area contributed by atoms with Crippen LogP contribution in [0.4, 0.5) is 0 Å². The van der Waals surface area contributed by atoms with Crippen LogP contribution in [-0.4, -0.2) is 14.0 Å². The minimum absolute atomic E-state index is 0.0302. The Balaban J connectivity index is 2.08. The van der Waals surface area contributed by atoms with E-state index in [0.29, 0.717) is 5.75 Å². The topological polar surface area (TPSA) is 52.6 Å². The van der Waals surface area contributed by atoms with Crippen molar-refractivity contribution >= 4 is 10.1 Å². The molecule has 0 unspecified atom stereocenters. The zero-order valence-corrected chi connectivity index (χ0v) is 14.7. The zero-order chi connectivity index (χ0) is 17.1. The maximum absolute atomic E-state index is 12.2. The molecule has 0 amide bonds. The van der Waals surface area contributed by atoms with Gasteiger partial charge in [0.15, 0.2) is 0 Å². The number of hydrogen-bond acceptors (Lipinski definition) is 4. The fraction of sp³-hybridized carbons (Fsp3) is 0.333. The Morgan fingerprint density at radius 3 is 2.26 bits per heavy atom. The van der Waals surface area contributed by atoms with Gasteiger partial charge in [0, 0.05) is 0 Å². The Morgan fingerprint density at radius 1 is 1.00 bits per heavy atom. The van der Waals surface area contributed by atoms with Crippen molar-refractivity contribution in [3.05, 3.63) is 59.7 Å². The van der Waals surface area contributed by atoms with Crippen molar-refractivity contribution in [2.45, 2.75) is 44.8 Å². The average molecular weight is 334 g/mol. The Morgan fingerprint density at radius 2 is 1.65 bits per heavy atom. The summed E-state index contributed by atoms with van der Waals surface area (Å²) in [6.07, 6.45) is 0. The van der Waals surface area contributed by atoms with Gasteiger partial charge in [-0.05, 0) is 57.5 Å². The number of ether oxygens (including phenoxy) is 1. The van der Waals surface area contributed by atoms with E-state index in [1.165, 1.54) is 0 Å². The van der Waals surface area contributed by atoms with Crippen LogP contribution < -0.4 is 4.74 Å². The van der Waals surface area contributed by atoms with Gasteiger partial charge in [-0.2, -0.15) is 8.42 Å². The van der Waals surface area contributed by atoms with Crippen LogP contribution in [-0.2, 0) is 20.9 Å². The SMILES string of the molecule is Cc1ccc(S(=O)(=O)OCc2cccc(OC(C)(C)C)c2)cc1.